The summed E-state index contributed by atoms with van der Waals surface area (Å²) < 4.78 is 5.68. The lowest BCUT2D eigenvalue weighted by Gasteiger charge is -2.23. The van der Waals surface area contributed by atoms with E-state index in [2.05, 4.69) is 19.2 Å². The Hall–Kier alpha value is -1.71. The van der Waals surface area contributed by atoms with E-state index in [1.165, 1.54) is 0 Å². The number of nitrogens with zero attached hydrogens (tertiary/aromatic N) is 1. The Bertz CT molecular complexity index is 382. The summed E-state index contributed by atoms with van der Waals surface area (Å²) in [5.41, 5.74) is 0. The minimum Gasteiger partial charge on any atom is -0.492 e. The van der Waals surface area contributed by atoms with Gasteiger partial charge < -0.3 is 15.0 Å². The molecule has 0 atom stereocenters. The maximum atomic E-state index is 12.1. The van der Waals surface area contributed by atoms with Crippen LogP contribution in [0.3, 0.4) is 0 Å². The van der Waals surface area contributed by atoms with Gasteiger partial charge in [0.1, 0.15) is 12.4 Å². The zero-order valence-electron chi connectivity index (χ0n) is 13.3. The number of urea groups is 1. The third-order valence-corrected chi connectivity index (χ3v) is 3.22. The van der Waals surface area contributed by atoms with Gasteiger partial charge in [0, 0.05) is 13.1 Å². The Morgan fingerprint density at radius 1 is 1.10 bits per heavy atom. The van der Waals surface area contributed by atoms with Crippen LogP contribution in [0.25, 0.3) is 0 Å². The largest absolute Gasteiger partial charge is 0.492 e. The Balaban J connectivity index is 2.38. The predicted octanol–water partition coefficient (Wildman–Crippen LogP) is 3.68. The molecule has 0 saturated heterocycles. The van der Waals surface area contributed by atoms with Gasteiger partial charge in [-0.15, -0.1) is 0 Å². The number of ether oxygens (including phenoxy) is 1. The summed E-state index contributed by atoms with van der Waals surface area (Å²) in [6.45, 7) is 6.88. The first-order valence-electron chi connectivity index (χ1n) is 7.98. The molecular formula is C17H28N2O2. The Kier molecular flexibility index (Phi) is 9.09. The van der Waals surface area contributed by atoms with Crippen molar-refractivity contribution in [1.29, 1.82) is 0 Å². The van der Waals surface area contributed by atoms with E-state index >= 15 is 0 Å². The number of rotatable bonds is 10. The van der Waals surface area contributed by atoms with Gasteiger partial charge >= 0.3 is 6.03 Å². The van der Waals surface area contributed by atoms with Crippen LogP contribution in [-0.2, 0) is 0 Å². The average molecular weight is 292 g/mol. The number of para-hydroxylation sites is 1. The average Bonchev–Trinajstić information content (AvgIpc) is 2.52. The number of amides is 2. The molecule has 0 fully saturated rings. The molecule has 4 heteroatoms. The predicted molar refractivity (Wildman–Crippen MR) is 86.7 cm³/mol. The van der Waals surface area contributed by atoms with Crippen LogP contribution in [0, 0.1) is 0 Å². The quantitative estimate of drug-likeness (QED) is 0.668. The third-order valence-electron chi connectivity index (χ3n) is 3.22. The lowest BCUT2D eigenvalue weighted by atomic mass is 10.2. The number of benzene rings is 1. The first kappa shape index (κ1) is 17.3. The molecule has 0 unspecified atom stereocenters. The molecule has 1 rings (SSSR count). The molecule has 118 valence electrons. The highest BCUT2D eigenvalue weighted by Gasteiger charge is 2.12. The number of nitrogens with one attached hydrogen (secondary N) is 1. The molecule has 0 aliphatic carbocycles. The first-order valence-corrected chi connectivity index (χ1v) is 7.98. The number of carbonyl (C=O) groups excluding carboxylic acids is 1. The van der Waals surface area contributed by atoms with Crippen LogP contribution in [0.5, 0.6) is 5.75 Å². The molecular weight excluding hydrogens is 264 g/mol. The standard InChI is InChI=1S/C17H28N2O2/c1-3-5-9-13-19(17(20)18-12-4-2)14-15-21-16-10-7-6-8-11-16/h6-8,10-11H,3-5,9,12-15H2,1-2H3,(H,18,20). The summed E-state index contributed by atoms with van der Waals surface area (Å²) in [5.74, 6) is 0.847. The lowest BCUT2D eigenvalue weighted by molar-refractivity contribution is 0.181. The number of hydrogen-bond donors (Lipinski definition) is 1. The molecule has 0 radical (unpaired) electrons. The monoisotopic (exact) mass is 292 g/mol. The van der Waals surface area contributed by atoms with Crippen molar-refractivity contribution in [2.75, 3.05) is 26.2 Å². The van der Waals surface area contributed by atoms with Gasteiger partial charge in [-0.1, -0.05) is 44.9 Å². The molecule has 0 heterocycles. The summed E-state index contributed by atoms with van der Waals surface area (Å²) in [5, 5.41) is 2.94. The van der Waals surface area contributed by atoms with Crippen molar-refractivity contribution in [1.82, 2.24) is 10.2 Å². The summed E-state index contributed by atoms with van der Waals surface area (Å²) in [4.78, 5) is 14.0. The van der Waals surface area contributed by atoms with Gasteiger partial charge in [-0.25, -0.2) is 4.79 Å². The zero-order valence-corrected chi connectivity index (χ0v) is 13.3. The van der Waals surface area contributed by atoms with Gasteiger partial charge in [0.25, 0.3) is 0 Å². The lowest BCUT2D eigenvalue weighted by Crippen LogP contribution is -2.42. The van der Waals surface area contributed by atoms with E-state index in [1.54, 1.807) is 0 Å². The van der Waals surface area contributed by atoms with Crippen LogP contribution in [-0.4, -0.2) is 37.2 Å². The van der Waals surface area contributed by atoms with Crippen molar-refractivity contribution in [2.45, 2.75) is 39.5 Å². The van der Waals surface area contributed by atoms with Gasteiger partial charge in [-0.3, -0.25) is 0 Å². The van der Waals surface area contributed by atoms with Crippen molar-refractivity contribution in [3.63, 3.8) is 0 Å². The Morgan fingerprint density at radius 2 is 1.86 bits per heavy atom. The second kappa shape index (κ2) is 11.0. The van der Waals surface area contributed by atoms with Crippen LogP contribution >= 0.6 is 0 Å². The van der Waals surface area contributed by atoms with E-state index in [0.717, 1.165) is 44.5 Å². The van der Waals surface area contributed by atoms with Gasteiger partial charge in [-0.05, 0) is 25.0 Å². The third kappa shape index (κ3) is 7.59. The fraction of sp³-hybridized carbons (Fsp3) is 0.588. The maximum absolute atomic E-state index is 12.1. The summed E-state index contributed by atoms with van der Waals surface area (Å²) in [6.07, 6.45) is 4.30. The van der Waals surface area contributed by atoms with E-state index in [9.17, 15) is 4.79 Å². The fourth-order valence-corrected chi connectivity index (χ4v) is 2.00. The smallest absolute Gasteiger partial charge is 0.317 e. The van der Waals surface area contributed by atoms with Crippen molar-refractivity contribution in [3.05, 3.63) is 30.3 Å². The Morgan fingerprint density at radius 3 is 2.52 bits per heavy atom. The van der Waals surface area contributed by atoms with Gasteiger partial charge in [0.15, 0.2) is 0 Å². The number of carbonyl (C=O) groups is 1. The van der Waals surface area contributed by atoms with Gasteiger partial charge in [0.2, 0.25) is 0 Å². The highest BCUT2D eigenvalue weighted by molar-refractivity contribution is 5.74. The molecule has 0 saturated carbocycles. The molecule has 21 heavy (non-hydrogen) atoms. The second-order valence-electron chi connectivity index (χ2n) is 5.09. The molecule has 1 aromatic carbocycles. The van der Waals surface area contributed by atoms with E-state index in [4.69, 9.17) is 4.74 Å². The summed E-state index contributed by atoms with van der Waals surface area (Å²) in [7, 11) is 0. The highest BCUT2D eigenvalue weighted by atomic mass is 16.5. The van der Waals surface area contributed by atoms with Crippen LogP contribution < -0.4 is 10.1 Å². The van der Waals surface area contributed by atoms with E-state index < -0.39 is 0 Å². The fourth-order valence-electron chi connectivity index (χ4n) is 2.00. The number of unbranched alkanes of at least 4 members (excludes halogenated alkanes) is 2. The highest BCUT2D eigenvalue weighted by Crippen LogP contribution is 2.08. The number of hydrogen-bond acceptors (Lipinski definition) is 2. The first-order chi connectivity index (χ1) is 10.3. The summed E-state index contributed by atoms with van der Waals surface area (Å²) in [6, 6.07) is 9.73. The SMILES string of the molecule is CCCCCN(CCOc1ccccc1)C(=O)NCCC. The van der Waals surface area contributed by atoms with Gasteiger partial charge in [0.05, 0.1) is 6.54 Å². The van der Waals surface area contributed by atoms with E-state index in [-0.39, 0.29) is 6.03 Å². The normalized spacial score (nSPS) is 10.2. The van der Waals surface area contributed by atoms with E-state index in [1.807, 2.05) is 35.2 Å². The molecule has 0 bridgehead atoms. The molecule has 0 spiro atoms. The van der Waals surface area contributed by atoms with Gasteiger partial charge in [-0.2, -0.15) is 0 Å². The van der Waals surface area contributed by atoms with Crippen LogP contribution in [0.1, 0.15) is 39.5 Å². The van der Waals surface area contributed by atoms with Crippen molar-refractivity contribution < 1.29 is 9.53 Å². The van der Waals surface area contributed by atoms with Crippen molar-refractivity contribution >= 4 is 6.03 Å². The molecule has 1 N–H and O–H groups in total. The van der Waals surface area contributed by atoms with Crippen LogP contribution in [0.15, 0.2) is 30.3 Å². The molecule has 0 aliphatic rings. The topological polar surface area (TPSA) is 41.6 Å². The Labute approximate surface area is 128 Å². The van der Waals surface area contributed by atoms with Crippen molar-refractivity contribution in [3.8, 4) is 5.75 Å². The van der Waals surface area contributed by atoms with Crippen LogP contribution in [0.2, 0.25) is 0 Å². The molecule has 0 aliphatic heterocycles. The van der Waals surface area contributed by atoms with E-state index in [0.29, 0.717) is 13.2 Å². The van der Waals surface area contributed by atoms with Crippen LogP contribution in [0.4, 0.5) is 4.79 Å². The molecule has 2 amide bonds. The minimum absolute atomic E-state index is 0.0182. The maximum Gasteiger partial charge on any atom is 0.317 e. The second-order valence-corrected chi connectivity index (χ2v) is 5.09. The molecule has 4 nitrogen and oxygen atoms in total. The minimum atomic E-state index is 0.0182. The molecule has 0 aromatic heterocycles. The molecule has 1 aromatic rings. The van der Waals surface area contributed by atoms with Crippen molar-refractivity contribution in [2.24, 2.45) is 0 Å². The summed E-state index contributed by atoms with van der Waals surface area (Å²) >= 11 is 0. The zero-order chi connectivity index (χ0) is 15.3.